The van der Waals surface area contributed by atoms with Crippen LogP contribution in [0, 0.1) is 11.3 Å². The maximum atomic E-state index is 3.73. The van der Waals surface area contributed by atoms with Crippen molar-refractivity contribution in [2.75, 3.05) is 6.54 Å². The van der Waals surface area contributed by atoms with Crippen LogP contribution in [0.25, 0.3) is 0 Å². The zero-order valence-corrected chi connectivity index (χ0v) is 8.61. The molecule has 0 bridgehead atoms. The number of hydrogen-bond donors (Lipinski definition) is 1. The van der Waals surface area contributed by atoms with Gasteiger partial charge in [-0.1, -0.05) is 20.8 Å². The topological polar surface area (TPSA) is 12.0 Å². The van der Waals surface area contributed by atoms with Crippen LogP contribution in [0.5, 0.6) is 0 Å². The lowest BCUT2D eigenvalue weighted by Crippen LogP contribution is -2.58. The number of hydrogen-bond acceptors (Lipinski definition) is 1. The molecule has 12 heavy (non-hydrogen) atoms. The van der Waals surface area contributed by atoms with Crippen LogP contribution in [-0.4, -0.2) is 12.1 Å². The predicted octanol–water partition coefficient (Wildman–Crippen LogP) is 2.56. The van der Waals surface area contributed by atoms with Crippen LogP contribution < -0.4 is 5.32 Å². The summed E-state index contributed by atoms with van der Waals surface area (Å²) < 4.78 is 0. The van der Waals surface area contributed by atoms with Gasteiger partial charge in [-0.05, 0) is 43.6 Å². The highest BCUT2D eigenvalue weighted by molar-refractivity contribution is 5.09. The third kappa shape index (κ3) is 1.10. The molecule has 0 amide bonds. The van der Waals surface area contributed by atoms with E-state index in [-0.39, 0.29) is 0 Å². The summed E-state index contributed by atoms with van der Waals surface area (Å²) >= 11 is 0. The number of nitrogens with one attached hydrogen (secondary N) is 1. The predicted molar refractivity (Wildman–Crippen MR) is 52.1 cm³/mol. The van der Waals surface area contributed by atoms with E-state index >= 15 is 0 Å². The third-order valence-electron chi connectivity index (χ3n) is 3.87. The highest BCUT2D eigenvalue weighted by Crippen LogP contribution is 2.52. The number of rotatable bonds is 0. The standard InChI is InChI=1S/C11H21N/c1-10(2,3)9-5-7-11(9)6-4-8-12-11/h9,12H,4-8H2,1-3H3/t9?,11-/m0/s1. The molecule has 2 rings (SSSR count). The Morgan fingerprint density at radius 1 is 1.25 bits per heavy atom. The lowest BCUT2D eigenvalue weighted by atomic mass is 9.56. The van der Waals surface area contributed by atoms with E-state index in [0.29, 0.717) is 11.0 Å². The molecule has 2 fully saturated rings. The summed E-state index contributed by atoms with van der Waals surface area (Å²) in [5.74, 6) is 0.924. The minimum Gasteiger partial charge on any atom is -0.311 e. The lowest BCUT2D eigenvalue weighted by Gasteiger charge is -2.54. The zero-order valence-electron chi connectivity index (χ0n) is 8.61. The highest BCUT2D eigenvalue weighted by Gasteiger charge is 2.52. The Kier molecular flexibility index (Phi) is 1.76. The minimum atomic E-state index is 0.510. The first-order valence-corrected chi connectivity index (χ1v) is 5.30. The fourth-order valence-electron chi connectivity index (χ4n) is 3.24. The van der Waals surface area contributed by atoms with Crippen molar-refractivity contribution in [1.82, 2.24) is 5.32 Å². The Hall–Kier alpha value is -0.0400. The Bertz CT molecular complexity index is 172. The molecule has 2 atom stereocenters. The van der Waals surface area contributed by atoms with Crippen LogP contribution in [-0.2, 0) is 0 Å². The molecule has 1 heterocycles. The summed E-state index contributed by atoms with van der Waals surface area (Å²) in [5.41, 5.74) is 1.08. The van der Waals surface area contributed by atoms with E-state index < -0.39 is 0 Å². The van der Waals surface area contributed by atoms with Gasteiger partial charge < -0.3 is 5.32 Å². The van der Waals surface area contributed by atoms with Gasteiger partial charge in [-0.25, -0.2) is 0 Å². The third-order valence-corrected chi connectivity index (χ3v) is 3.87. The Morgan fingerprint density at radius 3 is 2.33 bits per heavy atom. The van der Waals surface area contributed by atoms with Crippen molar-refractivity contribution in [2.45, 2.75) is 52.0 Å². The smallest absolute Gasteiger partial charge is 0.0215 e. The van der Waals surface area contributed by atoms with Crippen molar-refractivity contribution < 1.29 is 0 Å². The Morgan fingerprint density at radius 2 is 2.00 bits per heavy atom. The van der Waals surface area contributed by atoms with Crippen LogP contribution in [0.4, 0.5) is 0 Å². The van der Waals surface area contributed by atoms with Crippen LogP contribution in [0.1, 0.15) is 46.5 Å². The van der Waals surface area contributed by atoms with Gasteiger partial charge in [-0.15, -0.1) is 0 Å². The van der Waals surface area contributed by atoms with Gasteiger partial charge in [0.1, 0.15) is 0 Å². The van der Waals surface area contributed by atoms with Crippen LogP contribution in [0.3, 0.4) is 0 Å². The van der Waals surface area contributed by atoms with Crippen LogP contribution in [0.2, 0.25) is 0 Å². The lowest BCUT2D eigenvalue weighted by molar-refractivity contribution is 0.0116. The van der Waals surface area contributed by atoms with Crippen molar-refractivity contribution in [3.8, 4) is 0 Å². The maximum absolute atomic E-state index is 3.73. The molecule has 1 N–H and O–H groups in total. The molecule has 1 saturated carbocycles. The van der Waals surface area contributed by atoms with Crippen molar-refractivity contribution in [2.24, 2.45) is 11.3 Å². The Labute approximate surface area is 75.9 Å². The van der Waals surface area contributed by atoms with Crippen LogP contribution >= 0.6 is 0 Å². The molecule has 1 spiro atoms. The van der Waals surface area contributed by atoms with Crippen molar-refractivity contribution >= 4 is 0 Å². The molecule has 1 aliphatic carbocycles. The van der Waals surface area contributed by atoms with Gasteiger partial charge in [0.15, 0.2) is 0 Å². The van der Waals surface area contributed by atoms with Gasteiger partial charge >= 0.3 is 0 Å². The first-order chi connectivity index (χ1) is 5.55. The molecule has 0 radical (unpaired) electrons. The summed E-state index contributed by atoms with van der Waals surface area (Å²) in [5, 5.41) is 3.73. The normalized spacial score (nSPS) is 41.8. The van der Waals surface area contributed by atoms with Crippen LogP contribution in [0.15, 0.2) is 0 Å². The highest BCUT2D eigenvalue weighted by atomic mass is 15.0. The van der Waals surface area contributed by atoms with Gasteiger partial charge in [0, 0.05) is 5.54 Å². The minimum absolute atomic E-state index is 0.510. The molecule has 1 unspecified atom stereocenters. The summed E-state index contributed by atoms with van der Waals surface area (Å²) in [4.78, 5) is 0. The molecular formula is C11H21N. The quantitative estimate of drug-likeness (QED) is 0.584. The monoisotopic (exact) mass is 167 g/mol. The van der Waals surface area contributed by atoms with E-state index in [1.54, 1.807) is 0 Å². The first-order valence-electron chi connectivity index (χ1n) is 5.30. The second-order valence-electron chi connectivity index (χ2n) is 5.64. The van der Waals surface area contributed by atoms with Gasteiger partial charge in [0.05, 0.1) is 0 Å². The molecule has 0 aromatic heterocycles. The second kappa shape index (κ2) is 2.47. The van der Waals surface area contributed by atoms with Crippen molar-refractivity contribution in [3.05, 3.63) is 0 Å². The van der Waals surface area contributed by atoms with Gasteiger partial charge in [0.25, 0.3) is 0 Å². The fourth-order valence-corrected chi connectivity index (χ4v) is 3.24. The van der Waals surface area contributed by atoms with E-state index in [0.717, 1.165) is 5.92 Å². The molecule has 70 valence electrons. The van der Waals surface area contributed by atoms with Gasteiger partial charge in [-0.2, -0.15) is 0 Å². The fraction of sp³-hybridized carbons (Fsp3) is 1.00. The molecule has 1 aliphatic heterocycles. The summed E-state index contributed by atoms with van der Waals surface area (Å²) in [6.07, 6.45) is 5.69. The summed E-state index contributed by atoms with van der Waals surface area (Å²) in [6, 6.07) is 0. The average Bonchev–Trinajstić information content (AvgIpc) is 2.28. The molecule has 1 nitrogen and oxygen atoms in total. The maximum Gasteiger partial charge on any atom is 0.0215 e. The van der Waals surface area contributed by atoms with Crippen molar-refractivity contribution in [3.63, 3.8) is 0 Å². The summed E-state index contributed by atoms with van der Waals surface area (Å²) in [6.45, 7) is 8.42. The molecule has 0 aromatic carbocycles. The van der Waals surface area contributed by atoms with E-state index in [4.69, 9.17) is 0 Å². The first kappa shape index (κ1) is 8.55. The second-order valence-corrected chi connectivity index (χ2v) is 5.64. The van der Waals surface area contributed by atoms with E-state index in [2.05, 4.69) is 26.1 Å². The molecule has 0 aromatic rings. The van der Waals surface area contributed by atoms with E-state index in [1.807, 2.05) is 0 Å². The van der Waals surface area contributed by atoms with Gasteiger partial charge in [0.2, 0.25) is 0 Å². The summed E-state index contributed by atoms with van der Waals surface area (Å²) in [7, 11) is 0. The van der Waals surface area contributed by atoms with Crippen molar-refractivity contribution in [1.29, 1.82) is 0 Å². The zero-order chi connectivity index (χ0) is 8.82. The molecular weight excluding hydrogens is 146 g/mol. The van der Waals surface area contributed by atoms with E-state index in [9.17, 15) is 0 Å². The largest absolute Gasteiger partial charge is 0.311 e. The SMILES string of the molecule is CC(C)(C)C1CC[C@@]12CCCN2. The molecule has 2 aliphatic rings. The van der Waals surface area contributed by atoms with Gasteiger partial charge in [-0.3, -0.25) is 0 Å². The van der Waals surface area contributed by atoms with E-state index in [1.165, 1.54) is 32.2 Å². The molecule has 1 saturated heterocycles. The molecule has 1 heteroatoms. The Balaban J connectivity index is 2.09. The average molecular weight is 167 g/mol.